The summed E-state index contributed by atoms with van der Waals surface area (Å²) in [6.45, 7) is 6.69. The fourth-order valence-electron chi connectivity index (χ4n) is 3.95. The molecule has 0 unspecified atom stereocenters. The molecule has 12 heteroatoms. The summed E-state index contributed by atoms with van der Waals surface area (Å²) in [5, 5.41) is 8.14. The molecule has 4 amide bonds. The van der Waals surface area contributed by atoms with Gasteiger partial charge in [0.2, 0.25) is 0 Å². The average molecular weight is 595 g/mol. The molecule has 11 nitrogen and oxygen atoms in total. The molecule has 0 saturated heterocycles. The number of carbonyl (C=O) groups excluding carboxylic acids is 3. The number of hydrogen-bond donors (Lipinski definition) is 3. The molecule has 0 aliphatic rings. The summed E-state index contributed by atoms with van der Waals surface area (Å²) in [5.74, 6) is -0.980. The van der Waals surface area contributed by atoms with Gasteiger partial charge in [-0.05, 0) is 83.7 Å². The topological polar surface area (TPSA) is 125 Å². The van der Waals surface area contributed by atoms with Gasteiger partial charge in [-0.25, -0.2) is 14.0 Å². The van der Waals surface area contributed by atoms with Gasteiger partial charge in [0.15, 0.2) is 11.6 Å². The molecule has 3 rings (SSSR count). The Balaban J connectivity index is 1.68. The molecule has 0 radical (unpaired) electrons. The Kier molecular flexibility index (Phi) is 11.4. The van der Waals surface area contributed by atoms with Crippen molar-refractivity contribution < 1.29 is 28.2 Å². The molecule has 0 aliphatic heterocycles. The Morgan fingerprint density at radius 1 is 0.930 bits per heavy atom. The third-order valence-corrected chi connectivity index (χ3v) is 5.97. The Morgan fingerprint density at radius 3 is 2.21 bits per heavy atom. The molecule has 1 aromatic heterocycles. The van der Waals surface area contributed by atoms with Crippen molar-refractivity contribution in [3.63, 3.8) is 0 Å². The second-order valence-corrected chi connectivity index (χ2v) is 11.0. The van der Waals surface area contributed by atoms with E-state index in [9.17, 15) is 18.8 Å². The molecule has 230 valence electrons. The monoisotopic (exact) mass is 594 g/mol. The van der Waals surface area contributed by atoms with E-state index in [4.69, 9.17) is 9.47 Å². The fourth-order valence-corrected chi connectivity index (χ4v) is 3.95. The summed E-state index contributed by atoms with van der Waals surface area (Å²) in [7, 11) is 5.27. The number of para-hydroxylation sites is 2. The van der Waals surface area contributed by atoms with Crippen LogP contribution in [0.5, 0.6) is 5.75 Å². The smallest absolute Gasteiger partial charge is 0.412 e. The minimum Gasteiger partial charge on any atom is -0.494 e. The first-order chi connectivity index (χ1) is 20.3. The number of hydrogen-bond acceptors (Lipinski definition) is 7. The summed E-state index contributed by atoms with van der Waals surface area (Å²) in [6.07, 6.45) is 1.59. The first-order valence-corrected chi connectivity index (χ1v) is 13.7. The van der Waals surface area contributed by atoms with Gasteiger partial charge in [-0.3, -0.25) is 15.1 Å². The highest BCUT2D eigenvalue weighted by Crippen LogP contribution is 2.23. The van der Waals surface area contributed by atoms with Crippen LogP contribution in [0.2, 0.25) is 0 Å². The molecular weight excluding hydrogens is 555 g/mol. The van der Waals surface area contributed by atoms with Crippen LogP contribution in [0.4, 0.5) is 31.0 Å². The Morgan fingerprint density at radius 2 is 1.63 bits per heavy atom. The zero-order valence-corrected chi connectivity index (χ0v) is 25.4. The number of nitrogens with zero attached hydrogens (tertiary/aromatic N) is 3. The van der Waals surface area contributed by atoms with Crippen molar-refractivity contribution in [2.24, 2.45) is 0 Å². The predicted molar refractivity (Wildman–Crippen MR) is 164 cm³/mol. The summed E-state index contributed by atoms with van der Waals surface area (Å²) < 4.78 is 24.4. The van der Waals surface area contributed by atoms with Gasteiger partial charge in [-0.15, -0.1) is 0 Å². The van der Waals surface area contributed by atoms with Crippen molar-refractivity contribution in [1.29, 1.82) is 0 Å². The maximum absolute atomic E-state index is 14.2. The Labute approximate surface area is 251 Å². The number of pyridine rings is 1. The van der Waals surface area contributed by atoms with Crippen LogP contribution in [-0.4, -0.2) is 72.7 Å². The van der Waals surface area contributed by atoms with Crippen molar-refractivity contribution in [2.45, 2.75) is 39.3 Å². The lowest BCUT2D eigenvalue weighted by Gasteiger charge is -2.24. The summed E-state index contributed by atoms with van der Waals surface area (Å²) in [4.78, 5) is 46.3. The van der Waals surface area contributed by atoms with Gasteiger partial charge in [0.05, 0.1) is 18.5 Å². The number of urea groups is 1. The normalized spacial score (nSPS) is 11.1. The Bertz CT molecular complexity index is 1410. The summed E-state index contributed by atoms with van der Waals surface area (Å²) in [5.41, 5.74) is 1.22. The van der Waals surface area contributed by atoms with Crippen molar-refractivity contribution >= 4 is 35.1 Å². The molecule has 0 atom stereocenters. The van der Waals surface area contributed by atoms with Crippen LogP contribution in [0.3, 0.4) is 0 Å². The molecule has 2 aromatic carbocycles. The number of nitrogens with one attached hydrogen (secondary N) is 3. The van der Waals surface area contributed by atoms with Crippen LogP contribution in [0, 0.1) is 5.82 Å². The molecule has 0 spiro atoms. The van der Waals surface area contributed by atoms with Gasteiger partial charge in [0.25, 0.3) is 5.91 Å². The second kappa shape index (κ2) is 15.0. The van der Waals surface area contributed by atoms with Crippen LogP contribution in [0.15, 0.2) is 60.8 Å². The average Bonchev–Trinajstić information content (AvgIpc) is 2.92. The number of carbonyl (C=O) groups is 3. The molecule has 0 bridgehead atoms. The van der Waals surface area contributed by atoms with E-state index in [1.54, 1.807) is 68.1 Å². The first-order valence-electron chi connectivity index (χ1n) is 13.7. The van der Waals surface area contributed by atoms with E-state index in [0.717, 1.165) is 6.54 Å². The number of anilines is 3. The Hall–Kier alpha value is -4.71. The minimum atomic E-state index is -0.676. The van der Waals surface area contributed by atoms with Gasteiger partial charge in [0, 0.05) is 31.0 Å². The molecule has 0 fully saturated rings. The number of rotatable bonds is 11. The largest absolute Gasteiger partial charge is 0.494 e. The second-order valence-electron chi connectivity index (χ2n) is 11.0. The minimum absolute atomic E-state index is 0.0823. The van der Waals surface area contributed by atoms with Crippen LogP contribution in [0.25, 0.3) is 0 Å². The third kappa shape index (κ3) is 10.6. The molecule has 0 aliphatic carbocycles. The van der Waals surface area contributed by atoms with E-state index >= 15 is 0 Å². The number of aromatic nitrogens is 1. The number of ether oxygens (including phenoxy) is 2. The lowest BCUT2D eigenvalue weighted by Crippen LogP contribution is -2.36. The predicted octanol–water partition coefficient (Wildman–Crippen LogP) is 5.81. The van der Waals surface area contributed by atoms with E-state index in [1.807, 2.05) is 19.0 Å². The highest BCUT2D eigenvalue weighted by Gasteiger charge is 2.19. The lowest BCUT2D eigenvalue weighted by molar-refractivity contribution is 0.0635. The lowest BCUT2D eigenvalue weighted by atomic mass is 10.2. The third-order valence-electron chi connectivity index (χ3n) is 5.97. The van der Waals surface area contributed by atoms with Crippen molar-refractivity contribution in [1.82, 2.24) is 14.8 Å². The van der Waals surface area contributed by atoms with E-state index in [1.165, 1.54) is 25.4 Å². The van der Waals surface area contributed by atoms with Crippen LogP contribution in [-0.2, 0) is 11.3 Å². The SMILES string of the molecule is COc1ccc(NC(=O)N(CCCN(C)C)Cc2ccc(C(=O)Nc3ccccc3NC(=O)OC(C)(C)C)nc2)cc1F. The molecular formula is C31H39FN6O5. The van der Waals surface area contributed by atoms with E-state index in [0.29, 0.717) is 35.6 Å². The zero-order valence-electron chi connectivity index (χ0n) is 25.4. The summed E-state index contributed by atoms with van der Waals surface area (Å²) in [6, 6.07) is 13.8. The highest BCUT2D eigenvalue weighted by atomic mass is 19.1. The van der Waals surface area contributed by atoms with Crippen molar-refractivity contribution in [2.75, 3.05) is 50.2 Å². The van der Waals surface area contributed by atoms with E-state index < -0.39 is 29.4 Å². The van der Waals surface area contributed by atoms with Gasteiger partial charge in [0.1, 0.15) is 11.3 Å². The van der Waals surface area contributed by atoms with Gasteiger partial charge in [-0.2, -0.15) is 0 Å². The van der Waals surface area contributed by atoms with Crippen LogP contribution >= 0.6 is 0 Å². The van der Waals surface area contributed by atoms with Gasteiger partial charge < -0.3 is 29.9 Å². The van der Waals surface area contributed by atoms with E-state index in [2.05, 4.69) is 20.9 Å². The number of methoxy groups -OCH3 is 1. The molecule has 3 aromatic rings. The van der Waals surface area contributed by atoms with Crippen molar-refractivity contribution in [3.8, 4) is 5.75 Å². The van der Waals surface area contributed by atoms with Crippen LogP contribution < -0.4 is 20.7 Å². The van der Waals surface area contributed by atoms with Crippen molar-refractivity contribution in [3.05, 3.63) is 77.9 Å². The standard InChI is InChI=1S/C31H39FN6O5/c1-31(2,3)43-30(41)36-25-11-8-7-10-24(25)35-28(39)26-14-12-21(19-33-26)20-38(17-9-16-37(4)5)29(40)34-22-13-15-27(42-6)23(32)18-22/h7-8,10-15,18-19H,9,16-17,20H2,1-6H3,(H,34,40)(H,35,39)(H,36,41). The molecule has 0 saturated carbocycles. The van der Waals surface area contributed by atoms with Crippen LogP contribution in [0.1, 0.15) is 43.2 Å². The molecule has 43 heavy (non-hydrogen) atoms. The zero-order chi connectivity index (χ0) is 31.6. The number of benzene rings is 2. The van der Waals surface area contributed by atoms with Gasteiger partial charge in [-0.1, -0.05) is 18.2 Å². The fraction of sp³-hybridized carbons (Fsp3) is 0.355. The first kappa shape index (κ1) is 32.8. The molecule has 3 N–H and O–H groups in total. The van der Waals surface area contributed by atoms with E-state index in [-0.39, 0.29) is 18.0 Å². The number of halogens is 1. The molecule has 1 heterocycles. The maximum Gasteiger partial charge on any atom is 0.412 e. The highest BCUT2D eigenvalue weighted by molar-refractivity contribution is 6.05. The van der Waals surface area contributed by atoms with Gasteiger partial charge >= 0.3 is 12.1 Å². The quantitative estimate of drug-likeness (QED) is 0.256. The number of amides is 4. The summed E-state index contributed by atoms with van der Waals surface area (Å²) >= 11 is 0. The maximum atomic E-state index is 14.2.